The number of piperidine rings is 1. The number of nitrogens with zero attached hydrogens (tertiary/aromatic N) is 4. The first-order chi connectivity index (χ1) is 18.3. The molecule has 5 rings (SSSR count). The average Bonchev–Trinajstić information content (AvgIpc) is 2.90. The fraction of sp³-hybridized carbons (Fsp3) is 0.483. The molecule has 2 aliphatic rings. The molecular weight excluding hydrogens is 484 g/mol. The van der Waals surface area contributed by atoms with Gasteiger partial charge in [-0.3, -0.25) is 9.78 Å². The normalized spacial score (nSPS) is 16.4. The van der Waals surface area contributed by atoms with Crippen LogP contribution in [0.4, 0.5) is 4.79 Å². The third-order valence-electron chi connectivity index (χ3n) is 6.98. The molecule has 0 bridgehead atoms. The molecule has 1 fully saturated rings. The highest BCUT2D eigenvalue weighted by molar-refractivity contribution is 5.74. The lowest BCUT2D eigenvalue weighted by Gasteiger charge is -2.39. The van der Waals surface area contributed by atoms with Crippen LogP contribution in [-0.4, -0.2) is 69.9 Å². The molecule has 1 aromatic carbocycles. The molecule has 0 atom stereocenters. The molecule has 4 heterocycles. The molecule has 3 aromatic rings. The topological polar surface area (TPSA) is 86.1 Å². The highest BCUT2D eigenvalue weighted by atomic mass is 16.6. The monoisotopic (exact) mass is 520 g/mol. The van der Waals surface area contributed by atoms with Gasteiger partial charge in [-0.15, -0.1) is 0 Å². The first-order valence-electron chi connectivity index (χ1n) is 13.3. The fourth-order valence-electron chi connectivity index (χ4n) is 5.10. The van der Waals surface area contributed by atoms with E-state index >= 15 is 0 Å². The molecule has 2 aliphatic heterocycles. The van der Waals surface area contributed by atoms with E-state index in [1.54, 1.807) is 22.9 Å². The summed E-state index contributed by atoms with van der Waals surface area (Å²) in [4.78, 5) is 34.4. The van der Waals surface area contributed by atoms with Crippen LogP contribution < -0.4 is 15.0 Å². The number of aromatic nitrogens is 2. The van der Waals surface area contributed by atoms with E-state index in [1.807, 2.05) is 56.0 Å². The molecule has 0 unspecified atom stereocenters. The van der Waals surface area contributed by atoms with Gasteiger partial charge in [0.15, 0.2) is 11.5 Å². The highest BCUT2D eigenvalue weighted by Crippen LogP contribution is 2.32. The van der Waals surface area contributed by atoms with Crippen LogP contribution in [0.15, 0.2) is 53.5 Å². The Labute approximate surface area is 222 Å². The van der Waals surface area contributed by atoms with Crippen molar-refractivity contribution in [2.45, 2.75) is 58.3 Å². The molecule has 0 saturated carbocycles. The van der Waals surface area contributed by atoms with E-state index in [2.05, 4.69) is 9.88 Å². The van der Waals surface area contributed by atoms with Gasteiger partial charge < -0.3 is 28.6 Å². The van der Waals surface area contributed by atoms with Crippen LogP contribution in [0.5, 0.6) is 11.5 Å². The van der Waals surface area contributed by atoms with Gasteiger partial charge in [-0.2, -0.15) is 0 Å². The van der Waals surface area contributed by atoms with E-state index < -0.39 is 5.60 Å². The number of hydrogen-bond donors (Lipinski definition) is 0. The number of benzene rings is 1. The highest BCUT2D eigenvalue weighted by Gasteiger charge is 2.31. The third-order valence-corrected chi connectivity index (χ3v) is 6.98. The summed E-state index contributed by atoms with van der Waals surface area (Å²) in [6.07, 6.45) is 3.09. The van der Waals surface area contributed by atoms with Gasteiger partial charge in [0, 0.05) is 51.0 Å². The number of carbonyl (C=O) groups excluding carboxylic acids is 1. The van der Waals surface area contributed by atoms with Gasteiger partial charge in [-0.05, 0) is 69.5 Å². The summed E-state index contributed by atoms with van der Waals surface area (Å²) in [7, 11) is 0. The molecule has 9 heteroatoms. The van der Waals surface area contributed by atoms with Gasteiger partial charge >= 0.3 is 6.09 Å². The minimum Gasteiger partial charge on any atom is -0.486 e. The van der Waals surface area contributed by atoms with Crippen molar-refractivity contribution in [1.29, 1.82) is 0 Å². The van der Waals surface area contributed by atoms with Crippen LogP contribution in [0.25, 0.3) is 11.0 Å². The molecule has 38 heavy (non-hydrogen) atoms. The Bertz CT molecular complexity index is 1340. The van der Waals surface area contributed by atoms with Crippen LogP contribution in [-0.2, 0) is 17.8 Å². The van der Waals surface area contributed by atoms with Crippen LogP contribution >= 0.6 is 0 Å². The maximum Gasteiger partial charge on any atom is 0.410 e. The molecule has 1 saturated heterocycles. The Hall–Kier alpha value is -3.59. The predicted molar refractivity (Wildman–Crippen MR) is 145 cm³/mol. The van der Waals surface area contributed by atoms with Gasteiger partial charge in [0.1, 0.15) is 18.8 Å². The Kier molecular flexibility index (Phi) is 7.56. The zero-order chi connectivity index (χ0) is 26.7. The molecular formula is C29H36N4O5. The Balaban J connectivity index is 1.25. The lowest BCUT2D eigenvalue weighted by Crippen LogP contribution is -2.49. The van der Waals surface area contributed by atoms with Crippen molar-refractivity contribution in [3.63, 3.8) is 0 Å². The van der Waals surface area contributed by atoms with Crippen molar-refractivity contribution in [2.24, 2.45) is 0 Å². The van der Waals surface area contributed by atoms with Crippen molar-refractivity contribution in [2.75, 3.05) is 32.8 Å². The second kappa shape index (κ2) is 11.0. The number of amides is 1. The van der Waals surface area contributed by atoms with Gasteiger partial charge in [0.05, 0.1) is 11.0 Å². The van der Waals surface area contributed by atoms with E-state index in [9.17, 15) is 9.59 Å². The first kappa shape index (κ1) is 26.0. The van der Waals surface area contributed by atoms with E-state index in [4.69, 9.17) is 14.2 Å². The number of ether oxygens (including phenoxy) is 3. The standard InChI is InChI=1S/C29H36N4O5/c1-29(2,3)38-28(35)33(20-21-6-8-25-26(19-21)37-18-17-36-25)22-10-13-31(14-11-22)15-16-32-24-5-4-12-30-23(24)7-9-27(32)34/h4-9,12,19,22H,10-11,13-18,20H2,1-3H3. The van der Waals surface area contributed by atoms with E-state index in [0.29, 0.717) is 32.1 Å². The van der Waals surface area contributed by atoms with Gasteiger partial charge in [-0.25, -0.2) is 4.79 Å². The van der Waals surface area contributed by atoms with Crippen LogP contribution in [0.3, 0.4) is 0 Å². The van der Waals surface area contributed by atoms with Crippen LogP contribution in [0.1, 0.15) is 39.2 Å². The zero-order valence-corrected chi connectivity index (χ0v) is 22.4. The number of carbonyl (C=O) groups is 1. The second-order valence-electron chi connectivity index (χ2n) is 10.9. The van der Waals surface area contributed by atoms with Crippen LogP contribution in [0, 0.1) is 0 Å². The van der Waals surface area contributed by atoms with Gasteiger partial charge in [0.25, 0.3) is 5.56 Å². The lowest BCUT2D eigenvalue weighted by molar-refractivity contribution is 0.00562. The summed E-state index contributed by atoms with van der Waals surface area (Å²) in [6, 6.07) is 13.0. The van der Waals surface area contributed by atoms with Crippen molar-refractivity contribution < 1.29 is 19.0 Å². The zero-order valence-electron chi connectivity index (χ0n) is 22.4. The molecule has 0 spiro atoms. The summed E-state index contributed by atoms with van der Waals surface area (Å²) in [5.41, 5.74) is 2.05. The third kappa shape index (κ3) is 6.10. The van der Waals surface area contributed by atoms with Crippen molar-refractivity contribution in [3.05, 3.63) is 64.6 Å². The van der Waals surface area contributed by atoms with Gasteiger partial charge in [-0.1, -0.05) is 6.07 Å². The largest absolute Gasteiger partial charge is 0.486 e. The van der Waals surface area contributed by atoms with Crippen molar-refractivity contribution >= 4 is 17.1 Å². The Morgan fingerprint density at radius 2 is 1.82 bits per heavy atom. The number of pyridine rings is 2. The Morgan fingerprint density at radius 3 is 2.58 bits per heavy atom. The number of likely N-dealkylation sites (tertiary alicyclic amines) is 1. The van der Waals surface area contributed by atoms with E-state index in [0.717, 1.165) is 54.8 Å². The molecule has 202 valence electrons. The molecule has 1 amide bonds. The summed E-state index contributed by atoms with van der Waals surface area (Å²) in [6.45, 7) is 10.2. The van der Waals surface area contributed by atoms with Crippen molar-refractivity contribution in [3.8, 4) is 11.5 Å². The SMILES string of the molecule is CC(C)(C)OC(=O)N(Cc1ccc2c(c1)OCCO2)C1CCN(CCn2c(=O)ccc3ncccc32)CC1. The predicted octanol–water partition coefficient (Wildman–Crippen LogP) is 4.07. The molecule has 0 radical (unpaired) electrons. The van der Waals surface area contributed by atoms with E-state index in [-0.39, 0.29) is 17.7 Å². The fourth-order valence-corrected chi connectivity index (χ4v) is 5.10. The quantitative estimate of drug-likeness (QED) is 0.484. The first-order valence-corrected chi connectivity index (χ1v) is 13.3. The maximum atomic E-state index is 13.3. The van der Waals surface area contributed by atoms with Crippen LogP contribution in [0.2, 0.25) is 0 Å². The number of rotatable bonds is 6. The summed E-state index contributed by atoms with van der Waals surface area (Å²) in [5, 5.41) is 0. The second-order valence-corrected chi connectivity index (χ2v) is 10.9. The van der Waals surface area contributed by atoms with E-state index in [1.165, 1.54) is 0 Å². The minimum absolute atomic E-state index is 0.0177. The number of fused-ring (bicyclic) bond motifs is 2. The van der Waals surface area contributed by atoms with Crippen molar-refractivity contribution in [1.82, 2.24) is 19.4 Å². The molecule has 0 N–H and O–H groups in total. The molecule has 2 aromatic heterocycles. The average molecular weight is 521 g/mol. The van der Waals surface area contributed by atoms with Gasteiger partial charge in [0.2, 0.25) is 0 Å². The maximum absolute atomic E-state index is 13.3. The number of hydrogen-bond acceptors (Lipinski definition) is 7. The Morgan fingerprint density at radius 1 is 1.05 bits per heavy atom. The summed E-state index contributed by atoms with van der Waals surface area (Å²) < 4.78 is 19.0. The lowest BCUT2D eigenvalue weighted by atomic mass is 10.0. The smallest absolute Gasteiger partial charge is 0.410 e. The molecule has 9 nitrogen and oxygen atoms in total. The summed E-state index contributed by atoms with van der Waals surface area (Å²) in [5.74, 6) is 1.45. The molecule has 0 aliphatic carbocycles. The summed E-state index contributed by atoms with van der Waals surface area (Å²) >= 11 is 0. The minimum atomic E-state index is -0.580.